The van der Waals surface area contributed by atoms with Crippen LogP contribution < -0.4 is 10.1 Å². The summed E-state index contributed by atoms with van der Waals surface area (Å²) in [5, 5.41) is 3.76. The van der Waals surface area contributed by atoms with Gasteiger partial charge in [0.2, 0.25) is 0 Å². The van der Waals surface area contributed by atoms with Crippen LogP contribution in [0.3, 0.4) is 0 Å². The van der Waals surface area contributed by atoms with Crippen molar-refractivity contribution in [3.8, 4) is 5.75 Å². The van der Waals surface area contributed by atoms with Crippen molar-refractivity contribution in [2.45, 2.75) is 32.8 Å². The molecule has 2 rings (SSSR count). The second kappa shape index (κ2) is 6.08. The van der Waals surface area contributed by atoms with Gasteiger partial charge < -0.3 is 19.2 Å². The van der Waals surface area contributed by atoms with Gasteiger partial charge in [-0.25, -0.2) is 4.79 Å². The van der Waals surface area contributed by atoms with Crippen LogP contribution in [0.15, 0.2) is 28.9 Å². The predicted molar refractivity (Wildman–Crippen MR) is 80.7 cm³/mol. The summed E-state index contributed by atoms with van der Waals surface area (Å²) in [5.74, 6) is 0.753. The van der Waals surface area contributed by atoms with E-state index in [0.717, 1.165) is 22.3 Å². The Labute approximate surface area is 124 Å². The molecule has 1 aromatic heterocycles. The lowest BCUT2D eigenvalue weighted by Gasteiger charge is -2.19. The number of furan rings is 1. The molecule has 1 heterocycles. The molecule has 0 bridgehead atoms. The minimum Gasteiger partial charge on any atom is -0.496 e. The highest BCUT2D eigenvalue weighted by Crippen LogP contribution is 2.26. The zero-order chi connectivity index (χ0) is 15.5. The van der Waals surface area contributed by atoms with Crippen molar-refractivity contribution in [1.29, 1.82) is 0 Å². The van der Waals surface area contributed by atoms with Crippen LogP contribution in [0.2, 0.25) is 0 Å². The highest BCUT2D eigenvalue weighted by Gasteiger charge is 2.16. The molecule has 0 unspecified atom stereocenters. The first-order valence-electron chi connectivity index (χ1n) is 6.90. The molecule has 1 aromatic carbocycles. The third-order valence-corrected chi connectivity index (χ3v) is 2.92. The number of benzene rings is 1. The molecule has 5 nitrogen and oxygen atoms in total. The molecule has 5 heteroatoms. The fourth-order valence-electron chi connectivity index (χ4n) is 2.04. The van der Waals surface area contributed by atoms with Gasteiger partial charge in [-0.15, -0.1) is 0 Å². The summed E-state index contributed by atoms with van der Waals surface area (Å²) in [4.78, 5) is 11.6. The molecule has 0 fully saturated rings. The van der Waals surface area contributed by atoms with E-state index < -0.39 is 11.7 Å². The molecule has 21 heavy (non-hydrogen) atoms. The maximum Gasteiger partial charge on any atom is 0.407 e. The summed E-state index contributed by atoms with van der Waals surface area (Å²) in [6.45, 7) is 5.99. The second-order valence-electron chi connectivity index (χ2n) is 5.80. The zero-order valence-electron chi connectivity index (χ0n) is 12.9. The van der Waals surface area contributed by atoms with Crippen LogP contribution in [0.5, 0.6) is 5.75 Å². The molecular weight excluding hydrogens is 270 g/mol. The molecule has 2 aromatic rings. The lowest BCUT2D eigenvalue weighted by Crippen LogP contribution is -2.33. The molecular formula is C16H21NO4. The molecule has 1 N–H and O–H groups in total. The Hall–Kier alpha value is -2.17. The molecule has 1 amide bonds. The number of hydrogen-bond donors (Lipinski definition) is 1. The SMILES string of the molecule is COc1cc2occc2cc1CCNC(=O)OC(C)(C)C. The Morgan fingerprint density at radius 1 is 1.33 bits per heavy atom. The largest absolute Gasteiger partial charge is 0.496 e. The van der Waals surface area contributed by atoms with Gasteiger partial charge in [0.1, 0.15) is 16.9 Å². The van der Waals surface area contributed by atoms with Crippen LogP contribution in [-0.4, -0.2) is 25.3 Å². The summed E-state index contributed by atoms with van der Waals surface area (Å²) in [6.07, 6.45) is 1.89. The predicted octanol–water partition coefficient (Wildman–Crippen LogP) is 3.51. The van der Waals surface area contributed by atoms with Gasteiger partial charge in [0.25, 0.3) is 0 Å². The van der Waals surface area contributed by atoms with Crippen molar-refractivity contribution in [3.63, 3.8) is 0 Å². The van der Waals surface area contributed by atoms with Gasteiger partial charge in [-0.1, -0.05) is 0 Å². The lowest BCUT2D eigenvalue weighted by molar-refractivity contribution is 0.0528. The Kier molecular flexibility index (Phi) is 4.40. The number of nitrogens with one attached hydrogen (secondary N) is 1. The highest BCUT2D eigenvalue weighted by atomic mass is 16.6. The molecule has 0 aliphatic carbocycles. The van der Waals surface area contributed by atoms with E-state index in [9.17, 15) is 4.79 Å². The summed E-state index contributed by atoms with van der Waals surface area (Å²) in [5.41, 5.74) is 1.32. The molecule has 0 saturated heterocycles. The van der Waals surface area contributed by atoms with E-state index in [2.05, 4.69) is 5.32 Å². The average Bonchev–Trinajstić information content (AvgIpc) is 2.82. The van der Waals surface area contributed by atoms with E-state index in [1.807, 2.05) is 39.0 Å². The van der Waals surface area contributed by atoms with Gasteiger partial charge in [-0.2, -0.15) is 0 Å². The van der Waals surface area contributed by atoms with E-state index in [1.54, 1.807) is 13.4 Å². The first-order chi connectivity index (χ1) is 9.89. The third-order valence-electron chi connectivity index (χ3n) is 2.92. The molecule has 0 aliphatic rings. The Morgan fingerprint density at radius 3 is 2.76 bits per heavy atom. The number of methoxy groups -OCH3 is 1. The van der Waals surface area contributed by atoms with Crippen molar-refractivity contribution in [2.24, 2.45) is 0 Å². The van der Waals surface area contributed by atoms with Crippen molar-refractivity contribution in [2.75, 3.05) is 13.7 Å². The standard InChI is InChI=1S/C16H21NO4/c1-16(2,3)21-15(18)17-7-5-11-9-12-6-8-20-14(12)10-13(11)19-4/h6,8-10H,5,7H2,1-4H3,(H,17,18). The molecule has 114 valence electrons. The number of carbonyl (C=O) groups is 1. The van der Waals surface area contributed by atoms with Crippen LogP contribution in [-0.2, 0) is 11.2 Å². The van der Waals surface area contributed by atoms with Crippen molar-refractivity contribution < 1.29 is 18.7 Å². The van der Waals surface area contributed by atoms with Crippen LogP contribution in [0, 0.1) is 0 Å². The third kappa shape index (κ3) is 4.15. The second-order valence-corrected chi connectivity index (χ2v) is 5.80. The number of carbonyl (C=O) groups excluding carboxylic acids is 1. The molecule has 0 spiro atoms. The summed E-state index contributed by atoms with van der Waals surface area (Å²) in [7, 11) is 1.62. The number of ether oxygens (including phenoxy) is 2. The van der Waals surface area contributed by atoms with E-state index in [1.165, 1.54) is 0 Å². The number of hydrogen-bond acceptors (Lipinski definition) is 4. The van der Waals surface area contributed by atoms with Gasteiger partial charge >= 0.3 is 6.09 Å². The van der Waals surface area contributed by atoms with Crippen LogP contribution in [0.25, 0.3) is 11.0 Å². The van der Waals surface area contributed by atoms with E-state index in [-0.39, 0.29) is 0 Å². The van der Waals surface area contributed by atoms with E-state index >= 15 is 0 Å². The minimum absolute atomic E-state index is 0.411. The Bertz CT molecular complexity index is 625. The van der Waals surface area contributed by atoms with Crippen LogP contribution >= 0.6 is 0 Å². The summed E-state index contributed by atoms with van der Waals surface area (Å²) >= 11 is 0. The van der Waals surface area contributed by atoms with Crippen molar-refractivity contribution >= 4 is 17.1 Å². The Balaban J connectivity index is 1.98. The molecule has 0 radical (unpaired) electrons. The maximum atomic E-state index is 11.6. The quantitative estimate of drug-likeness (QED) is 0.936. The van der Waals surface area contributed by atoms with Gasteiger partial charge in [-0.3, -0.25) is 0 Å². The van der Waals surface area contributed by atoms with Gasteiger partial charge in [0.15, 0.2) is 0 Å². The monoisotopic (exact) mass is 291 g/mol. The van der Waals surface area contributed by atoms with Gasteiger partial charge in [0, 0.05) is 18.0 Å². The average molecular weight is 291 g/mol. The number of alkyl carbamates (subject to hydrolysis) is 1. The number of fused-ring (bicyclic) bond motifs is 1. The normalized spacial score (nSPS) is 11.4. The Morgan fingerprint density at radius 2 is 2.10 bits per heavy atom. The molecule has 0 saturated carbocycles. The first kappa shape index (κ1) is 15.2. The molecule has 0 aliphatic heterocycles. The lowest BCUT2D eigenvalue weighted by atomic mass is 10.1. The van der Waals surface area contributed by atoms with Crippen LogP contribution in [0.4, 0.5) is 4.79 Å². The number of amides is 1. The first-order valence-corrected chi connectivity index (χ1v) is 6.90. The van der Waals surface area contributed by atoms with Crippen molar-refractivity contribution in [1.82, 2.24) is 5.32 Å². The van der Waals surface area contributed by atoms with Crippen LogP contribution in [0.1, 0.15) is 26.3 Å². The summed E-state index contributed by atoms with van der Waals surface area (Å²) in [6, 6.07) is 5.77. The highest BCUT2D eigenvalue weighted by molar-refractivity contribution is 5.80. The summed E-state index contributed by atoms with van der Waals surface area (Å²) < 4.78 is 15.9. The number of rotatable bonds is 4. The molecule has 0 atom stereocenters. The van der Waals surface area contributed by atoms with E-state index in [4.69, 9.17) is 13.9 Å². The smallest absolute Gasteiger partial charge is 0.407 e. The van der Waals surface area contributed by atoms with Gasteiger partial charge in [-0.05, 0) is 44.9 Å². The minimum atomic E-state index is -0.489. The van der Waals surface area contributed by atoms with Gasteiger partial charge in [0.05, 0.1) is 13.4 Å². The van der Waals surface area contributed by atoms with E-state index in [0.29, 0.717) is 13.0 Å². The maximum absolute atomic E-state index is 11.6. The van der Waals surface area contributed by atoms with Crippen molar-refractivity contribution in [3.05, 3.63) is 30.0 Å². The zero-order valence-corrected chi connectivity index (χ0v) is 12.9. The topological polar surface area (TPSA) is 60.7 Å². The fourth-order valence-corrected chi connectivity index (χ4v) is 2.04. The fraction of sp³-hybridized carbons (Fsp3) is 0.438.